The van der Waals surface area contributed by atoms with Gasteiger partial charge in [-0.3, -0.25) is 10.1 Å². The van der Waals surface area contributed by atoms with E-state index in [4.69, 9.17) is 9.84 Å². The molecule has 6 nitrogen and oxygen atoms in total. The summed E-state index contributed by atoms with van der Waals surface area (Å²) in [4.78, 5) is 21.0. The lowest BCUT2D eigenvalue weighted by molar-refractivity contribution is -0.387. The molecule has 18 heavy (non-hydrogen) atoms. The molecule has 0 aromatic heterocycles. The Morgan fingerprint density at radius 3 is 2.67 bits per heavy atom. The molecule has 1 aromatic carbocycles. The van der Waals surface area contributed by atoms with Crippen LogP contribution in [0.15, 0.2) is 17.0 Å². The zero-order valence-corrected chi connectivity index (χ0v) is 9.78. The van der Waals surface area contributed by atoms with E-state index in [1.54, 1.807) is 0 Å². The van der Waals surface area contributed by atoms with Gasteiger partial charge >= 0.3 is 5.97 Å². The molecule has 0 radical (unpaired) electrons. The Morgan fingerprint density at radius 1 is 1.56 bits per heavy atom. The number of carboxylic acids is 1. The normalized spacial score (nSPS) is 15.2. The van der Waals surface area contributed by atoms with E-state index < -0.39 is 28.0 Å². The van der Waals surface area contributed by atoms with Gasteiger partial charge in [-0.25, -0.2) is 9.18 Å². The first-order valence-corrected chi connectivity index (χ1v) is 5.82. The molecule has 0 aliphatic carbocycles. The molecule has 1 aliphatic rings. The van der Waals surface area contributed by atoms with Gasteiger partial charge in [0.2, 0.25) is 0 Å². The molecule has 0 amide bonds. The van der Waals surface area contributed by atoms with Crippen molar-refractivity contribution in [1.82, 2.24) is 0 Å². The molecule has 96 valence electrons. The topological polar surface area (TPSA) is 89.7 Å². The Labute approximate surface area is 105 Å². The number of nitro benzene ring substituents is 1. The molecule has 1 aromatic rings. The van der Waals surface area contributed by atoms with E-state index in [2.05, 4.69) is 0 Å². The highest BCUT2D eigenvalue weighted by atomic mass is 32.2. The maximum Gasteiger partial charge on any atom is 0.338 e. The van der Waals surface area contributed by atoms with Crippen LogP contribution in [0.5, 0.6) is 0 Å². The van der Waals surface area contributed by atoms with Gasteiger partial charge in [0.1, 0.15) is 5.82 Å². The summed E-state index contributed by atoms with van der Waals surface area (Å²) >= 11 is 1.13. The van der Waals surface area contributed by atoms with Crippen LogP contribution in [0.1, 0.15) is 10.4 Å². The van der Waals surface area contributed by atoms with Gasteiger partial charge in [0.05, 0.1) is 39.9 Å². The first kappa shape index (κ1) is 12.8. The van der Waals surface area contributed by atoms with Gasteiger partial charge in [-0.2, -0.15) is 0 Å². The number of hydrogen-bond donors (Lipinski definition) is 1. The van der Waals surface area contributed by atoms with Crippen LogP contribution in [0.2, 0.25) is 0 Å². The van der Waals surface area contributed by atoms with Crippen molar-refractivity contribution < 1.29 is 24.0 Å². The molecule has 1 N–H and O–H groups in total. The fraction of sp³-hybridized carbons (Fsp3) is 0.300. The second-order valence-electron chi connectivity index (χ2n) is 3.64. The molecule has 0 spiro atoms. The number of carboxylic acid groups (broad SMARTS) is 1. The van der Waals surface area contributed by atoms with Crippen molar-refractivity contribution in [2.45, 2.75) is 10.1 Å². The maximum absolute atomic E-state index is 13.4. The highest BCUT2D eigenvalue weighted by Crippen LogP contribution is 2.36. The van der Waals surface area contributed by atoms with Crippen molar-refractivity contribution in [2.24, 2.45) is 0 Å². The Bertz CT molecular complexity index is 517. The standard InChI is InChI=1S/C10H8FNO5S/c11-7-2-8(12(15)16)9(1-6(7)10(13)14)18-5-3-17-4-5/h1-2,5H,3-4H2,(H,13,14). The third-order valence-electron chi connectivity index (χ3n) is 2.38. The lowest BCUT2D eigenvalue weighted by Gasteiger charge is -2.25. The largest absolute Gasteiger partial charge is 0.478 e. The van der Waals surface area contributed by atoms with E-state index in [9.17, 15) is 19.3 Å². The molecule has 0 unspecified atom stereocenters. The van der Waals surface area contributed by atoms with E-state index in [1.807, 2.05) is 0 Å². The van der Waals surface area contributed by atoms with Crippen molar-refractivity contribution >= 4 is 23.4 Å². The molecule has 0 saturated carbocycles. The van der Waals surface area contributed by atoms with Crippen LogP contribution in [0, 0.1) is 15.9 Å². The molecule has 0 bridgehead atoms. The summed E-state index contributed by atoms with van der Waals surface area (Å²) < 4.78 is 18.3. The zero-order valence-electron chi connectivity index (χ0n) is 8.96. The summed E-state index contributed by atoms with van der Waals surface area (Å²) in [5.41, 5.74) is -0.988. The lowest BCUT2D eigenvalue weighted by atomic mass is 10.2. The van der Waals surface area contributed by atoms with Crippen LogP contribution in [0.25, 0.3) is 0 Å². The van der Waals surface area contributed by atoms with Crippen LogP contribution in [-0.2, 0) is 4.74 Å². The Balaban J connectivity index is 2.41. The van der Waals surface area contributed by atoms with Crippen LogP contribution in [0.4, 0.5) is 10.1 Å². The van der Waals surface area contributed by atoms with Crippen LogP contribution >= 0.6 is 11.8 Å². The Hall–Kier alpha value is -1.67. The second kappa shape index (κ2) is 4.91. The van der Waals surface area contributed by atoms with E-state index in [1.165, 1.54) is 0 Å². The first-order chi connectivity index (χ1) is 8.49. The zero-order chi connectivity index (χ0) is 13.3. The lowest BCUT2D eigenvalue weighted by Crippen LogP contribution is -2.30. The third kappa shape index (κ3) is 2.44. The maximum atomic E-state index is 13.4. The van der Waals surface area contributed by atoms with Gasteiger partial charge in [-0.05, 0) is 6.07 Å². The number of rotatable bonds is 4. The smallest absolute Gasteiger partial charge is 0.338 e. The van der Waals surface area contributed by atoms with Crippen molar-refractivity contribution in [3.8, 4) is 0 Å². The Kier molecular flexibility index (Phi) is 3.48. The van der Waals surface area contributed by atoms with Crippen LogP contribution < -0.4 is 0 Å². The van der Waals surface area contributed by atoms with Crippen molar-refractivity contribution in [1.29, 1.82) is 0 Å². The minimum atomic E-state index is -1.45. The molecule has 2 rings (SSSR count). The van der Waals surface area contributed by atoms with Gasteiger partial charge in [0.15, 0.2) is 0 Å². The SMILES string of the molecule is O=C(O)c1cc(SC2COC2)c([N+](=O)[O-])cc1F. The van der Waals surface area contributed by atoms with Gasteiger partial charge in [-0.1, -0.05) is 0 Å². The molecule has 1 fully saturated rings. The average molecular weight is 273 g/mol. The van der Waals surface area contributed by atoms with E-state index >= 15 is 0 Å². The predicted molar refractivity (Wildman–Crippen MR) is 60.5 cm³/mol. The highest BCUT2D eigenvalue weighted by molar-refractivity contribution is 8.00. The molecule has 0 atom stereocenters. The van der Waals surface area contributed by atoms with E-state index in [-0.39, 0.29) is 10.1 Å². The van der Waals surface area contributed by atoms with Gasteiger partial charge < -0.3 is 9.84 Å². The first-order valence-electron chi connectivity index (χ1n) is 4.94. The number of thioether (sulfide) groups is 1. The van der Waals surface area contributed by atoms with Gasteiger partial charge in [0, 0.05) is 0 Å². The van der Waals surface area contributed by atoms with Gasteiger partial charge in [-0.15, -0.1) is 11.8 Å². The summed E-state index contributed by atoms with van der Waals surface area (Å²) in [5.74, 6) is -2.56. The van der Waals surface area contributed by atoms with E-state index in [0.29, 0.717) is 19.3 Å². The number of hydrogen-bond acceptors (Lipinski definition) is 5. The summed E-state index contributed by atoms with van der Waals surface area (Å²) in [6.45, 7) is 0.892. The third-order valence-corrected chi connectivity index (χ3v) is 3.56. The van der Waals surface area contributed by atoms with Gasteiger partial charge in [0.25, 0.3) is 5.69 Å². The summed E-state index contributed by atoms with van der Waals surface area (Å²) in [5, 5.41) is 19.6. The highest BCUT2D eigenvalue weighted by Gasteiger charge is 2.27. The average Bonchev–Trinajstić information content (AvgIpc) is 2.23. The number of halogens is 1. The summed E-state index contributed by atoms with van der Waals surface area (Å²) in [6.07, 6.45) is 0. The number of nitrogens with zero attached hydrogens (tertiary/aromatic N) is 1. The summed E-state index contributed by atoms with van der Waals surface area (Å²) in [6, 6.07) is 1.64. The quantitative estimate of drug-likeness (QED) is 0.666. The fourth-order valence-corrected chi connectivity index (χ4v) is 2.53. The molecule has 1 aliphatic heterocycles. The molecule has 8 heteroatoms. The monoisotopic (exact) mass is 273 g/mol. The summed E-state index contributed by atoms with van der Waals surface area (Å²) in [7, 11) is 0. The minimum absolute atomic E-state index is 0.0378. The number of aromatic carboxylic acids is 1. The van der Waals surface area contributed by atoms with Crippen LogP contribution in [-0.4, -0.2) is 34.5 Å². The fourth-order valence-electron chi connectivity index (χ4n) is 1.41. The van der Waals surface area contributed by atoms with Crippen molar-refractivity contribution in [3.63, 3.8) is 0 Å². The number of benzene rings is 1. The molecular formula is C10H8FNO5S. The Morgan fingerprint density at radius 2 is 2.22 bits per heavy atom. The number of ether oxygens (including phenoxy) is 1. The van der Waals surface area contributed by atoms with Crippen molar-refractivity contribution in [3.05, 3.63) is 33.6 Å². The predicted octanol–water partition coefficient (Wildman–Crippen LogP) is 1.92. The minimum Gasteiger partial charge on any atom is -0.478 e. The van der Waals surface area contributed by atoms with E-state index in [0.717, 1.165) is 17.8 Å². The van der Waals surface area contributed by atoms with Crippen LogP contribution in [0.3, 0.4) is 0 Å². The molecular weight excluding hydrogens is 265 g/mol. The second-order valence-corrected chi connectivity index (χ2v) is 4.98. The van der Waals surface area contributed by atoms with Crippen molar-refractivity contribution in [2.75, 3.05) is 13.2 Å². The molecule has 1 saturated heterocycles. The number of nitro groups is 1. The number of carbonyl (C=O) groups is 1. The molecule has 1 heterocycles.